The number of piperidine rings is 1. The average molecular weight is 267 g/mol. The molecule has 2 aliphatic rings. The predicted molar refractivity (Wildman–Crippen MR) is 78.1 cm³/mol. The zero-order valence-corrected chi connectivity index (χ0v) is 12.7. The largest absolute Gasteiger partial charge is 0.341 e. The van der Waals surface area contributed by atoms with E-state index in [2.05, 4.69) is 35.9 Å². The van der Waals surface area contributed by atoms with Crippen LogP contribution in [0.4, 0.5) is 0 Å². The Bertz CT molecular complexity index is 311. The molecule has 0 bridgehead atoms. The number of carbonyl (C=O) groups excluding carboxylic acids is 1. The predicted octanol–water partition coefficient (Wildman–Crippen LogP) is 1.32. The fourth-order valence-corrected chi connectivity index (χ4v) is 3.34. The topological polar surface area (TPSA) is 35.6 Å². The molecule has 0 saturated carbocycles. The SMILES string of the molecule is CCCC(=O)N1CCC(C)(C)C(N2CCNCC2)C1. The number of rotatable bonds is 3. The lowest BCUT2D eigenvalue weighted by Crippen LogP contribution is -2.61. The van der Waals surface area contributed by atoms with E-state index in [9.17, 15) is 4.79 Å². The molecule has 2 fully saturated rings. The molecule has 110 valence electrons. The normalized spacial score (nSPS) is 28.4. The highest BCUT2D eigenvalue weighted by molar-refractivity contribution is 5.76. The Morgan fingerprint density at radius 3 is 2.58 bits per heavy atom. The second kappa shape index (κ2) is 6.23. The van der Waals surface area contributed by atoms with Crippen molar-refractivity contribution >= 4 is 5.91 Å². The minimum absolute atomic E-state index is 0.320. The minimum Gasteiger partial charge on any atom is -0.341 e. The molecule has 0 aliphatic carbocycles. The van der Waals surface area contributed by atoms with E-state index in [-0.39, 0.29) is 0 Å². The van der Waals surface area contributed by atoms with Gasteiger partial charge in [-0.05, 0) is 18.3 Å². The van der Waals surface area contributed by atoms with Crippen LogP contribution in [0.25, 0.3) is 0 Å². The Labute approximate surface area is 117 Å². The summed E-state index contributed by atoms with van der Waals surface area (Å²) in [4.78, 5) is 16.8. The van der Waals surface area contributed by atoms with E-state index in [4.69, 9.17) is 0 Å². The molecule has 1 N–H and O–H groups in total. The Hall–Kier alpha value is -0.610. The molecule has 4 heteroatoms. The lowest BCUT2D eigenvalue weighted by Gasteiger charge is -2.50. The lowest BCUT2D eigenvalue weighted by molar-refractivity contribution is -0.136. The van der Waals surface area contributed by atoms with E-state index < -0.39 is 0 Å². The molecule has 1 unspecified atom stereocenters. The average Bonchev–Trinajstić information content (AvgIpc) is 2.39. The fourth-order valence-electron chi connectivity index (χ4n) is 3.34. The van der Waals surface area contributed by atoms with Crippen molar-refractivity contribution in [2.75, 3.05) is 39.3 Å². The molecule has 0 aromatic heterocycles. The first-order valence-corrected chi connectivity index (χ1v) is 7.77. The highest BCUT2D eigenvalue weighted by Gasteiger charge is 2.40. The van der Waals surface area contributed by atoms with Crippen LogP contribution in [0.15, 0.2) is 0 Å². The van der Waals surface area contributed by atoms with Crippen LogP contribution in [0.1, 0.15) is 40.0 Å². The van der Waals surface area contributed by atoms with Gasteiger partial charge in [0.15, 0.2) is 0 Å². The minimum atomic E-state index is 0.320. The molecule has 4 nitrogen and oxygen atoms in total. The number of likely N-dealkylation sites (tertiary alicyclic amines) is 1. The van der Waals surface area contributed by atoms with Crippen LogP contribution in [0, 0.1) is 5.41 Å². The first-order valence-electron chi connectivity index (χ1n) is 7.77. The summed E-state index contributed by atoms with van der Waals surface area (Å²) in [6.07, 6.45) is 2.78. The summed E-state index contributed by atoms with van der Waals surface area (Å²) in [6.45, 7) is 13.1. The summed E-state index contributed by atoms with van der Waals surface area (Å²) in [5.74, 6) is 0.345. The number of carbonyl (C=O) groups is 1. The molecule has 2 heterocycles. The molecular weight excluding hydrogens is 238 g/mol. The van der Waals surface area contributed by atoms with Gasteiger partial charge in [0.25, 0.3) is 0 Å². The van der Waals surface area contributed by atoms with E-state index in [0.717, 1.165) is 52.1 Å². The second-order valence-corrected chi connectivity index (χ2v) is 6.63. The number of amides is 1. The fraction of sp³-hybridized carbons (Fsp3) is 0.933. The molecule has 1 amide bonds. The molecule has 2 saturated heterocycles. The maximum atomic E-state index is 12.1. The van der Waals surface area contributed by atoms with Crippen LogP contribution in [0.3, 0.4) is 0 Å². The van der Waals surface area contributed by atoms with E-state index >= 15 is 0 Å². The highest BCUT2D eigenvalue weighted by Crippen LogP contribution is 2.34. The molecule has 0 aromatic rings. The van der Waals surface area contributed by atoms with Crippen LogP contribution in [0.2, 0.25) is 0 Å². The Balaban J connectivity index is 2.02. The number of nitrogens with zero attached hydrogens (tertiary/aromatic N) is 2. The number of piperazine rings is 1. The third kappa shape index (κ3) is 3.48. The summed E-state index contributed by atoms with van der Waals surface area (Å²) in [5.41, 5.74) is 0.320. The molecule has 1 atom stereocenters. The Morgan fingerprint density at radius 1 is 1.26 bits per heavy atom. The smallest absolute Gasteiger partial charge is 0.222 e. The maximum absolute atomic E-state index is 12.1. The van der Waals surface area contributed by atoms with E-state index in [1.165, 1.54) is 0 Å². The van der Waals surface area contributed by atoms with E-state index in [1.807, 2.05) is 0 Å². The summed E-state index contributed by atoms with van der Waals surface area (Å²) in [5, 5.41) is 3.41. The third-order valence-electron chi connectivity index (χ3n) is 4.73. The van der Waals surface area contributed by atoms with Crippen LogP contribution < -0.4 is 5.32 Å². The molecular formula is C15H29N3O. The number of nitrogens with one attached hydrogen (secondary N) is 1. The lowest BCUT2D eigenvalue weighted by atomic mass is 9.77. The van der Waals surface area contributed by atoms with Crippen molar-refractivity contribution in [1.29, 1.82) is 0 Å². The summed E-state index contributed by atoms with van der Waals surface area (Å²) in [7, 11) is 0. The summed E-state index contributed by atoms with van der Waals surface area (Å²) >= 11 is 0. The molecule has 0 spiro atoms. The van der Waals surface area contributed by atoms with Crippen molar-refractivity contribution in [1.82, 2.24) is 15.1 Å². The van der Waals surface area contributed by atoms with Crippen LogP contribution >= 0.6 is 0 Å². The van der Waals surface area contributed by atoms with Gasteiger partial charge in [-0.25, -0.2) is 0 Å². The molecule has 19 heavy (non-hydrogen) atoms. The maximum Gasteiger partial charge on any atom is 0.222 e. The van der Waals surface area contributed by atoms with Gasteiger partial charge >= 0.3 is 0 Å². The van der Waals surface area contributed by atoms with Gasteiger partial charge in [-0.15, -0.1) is 0 Å². The van der Waals surface area contributed by atoms with Crippen molar-refractivity contribution in [3.05, 3.63) is 0 Å². The first-order chi connectivity index (χ1) is 9.04. The van der Waals surface area contributed by atoms with Gasteiger partial charge in [0, 0.05) is 51.7 Å². The van der Waals surface area contributed by atoms with Gasteiger partial charge in [-0.2, -0.15) is 0 Å². The Morgan fingerprint density at radius 2 is 1.95 bits per heavy atom. The van der Waals surface area contributed by atoms with Crippen LogP contribution in [0.5, 0.6) is 0 Å². The summed E-state index contributed by atoms with van der Waals surface area (Å²) < 4.78 is 0. The van der Waals surface area contributed by atoms with Gasteiger partial charge in [0.1, 0.15) is 0 Å². The van der Waals surface area contributed by atoms with Gasteiger partial charge in [-0.1, -0.05) is 20.8 Å². The number of hydrogen-bond donors (Lipinski definition) is 1. The van der Waals surface area contributed by atoms with Crippen molar-refractivity contribution in [3.63, 3.8) is 0 Å². The third-order valence-corrected chi connectivity index (χ3v) is 4.73. The van der Waals surface area contributed by atoms with Crippen molar-refractivity contribution < 1.29 is 4.79 Å². The molecule has 0 radical (unpaired) electrons. The van der Waals surface area contributed by atoms with Crippen molar-refractivity contribution in [2.24, 2.45) is 5.41 Å². The Kier molecular flexibility index (Phi) is 4.85. The zero-order chi connectivity index (χ0) is 13.9. The highest BCUT2D eigenvalue weighted by atomic mass is 16.2. The van der Waals surface area contributed by atoms with E-state index in [0.29, 0.717) is 23.8 Å². The second-order valence-electron chi connectivity index (χ2n) is 6.63. The van der Waals surface area contributed by atoms with Gasteiger partial charge in [-0.3, -0.25) is 9.69 Å². The summed E-state index contributed by atoms with van der Waals surface area (Å²) in [6, 6.07) is 0.518. The molecule has 2 aliphatic heterocycles. The van der Waals surface area contributed by atoms with Gasteiger partial charge in [0.2, 0.25) is 5.91 Å². The van der Waals surface area contributed by atoms with Crippen LogP contribution in [-0.4, -0.2) is 61.0 Å². The standard InChI is InChI=1S/C15H29N3O/c1-4-5-14(19)18-9-6-15(2,3)13(12-18)17-10-7-16-8-11-17/h13,16H,4-12H2,1-3H3. The van der Waals surface area contributed by atoms with E-state index in [1.54, 1.807) is 0 Å². The van der Waals surface area contributed by atoms with Crippen molar-refractivity contribution in [3.8, 4) is 0 Å². The quantitative estimate of drug-likeness (QED) is 0.838. The number of hydrogen-bond acceptors (Lipinski definition) is 3. The first kappa shape index (κ1) is 14.8. The monoisotopic (exact) mass is 267 g/mol. The van der Waals surface area contributed by atoms with Gasteiger partial charge in [0.05, 0.1) is 0 Å². The zero-order valence-electron chi connectivity index (χ0n) is 12.7. The van der Waals surface area contributed by atoms with Gasteiger partial charge < -0.3 is 10.2 Å². The molecule has 2 rings (SSSR count). The molecule has 0 aromatic carbocycles. The van der Waals surface area contributed by atoms with Crippen molar-refractivity contribution in [2.45, 2.75) is 46.1 Å². The van der Waals surface area contributed by atoms with Crippen LogP contribution in [-0.2, 0) is 4.79 Å².